The average Bonchev–Trinajstić information content (AvgIpc) is 2.57. The Morgan fingerprint density at radius 1 is 1.16 bits per heavy atom. The van der Waals surface area contributed by atoms with Crippen LogP contribution in [0, 0.1) is 17.5 Å². The minimum Gasteiger partial charge on any atom is -0.380 e. The first kappa shape index (κ1) is 23.4. The summed E-state index contributed by atoms with van der Waals surface area (Å²) in [6, 6.07) is 1.68. The van der Waals surface area contributed by atoms with Crippen LogP contribution in [-0.4, -0.2) is 44.7 Å². The van der Waals surface area contributed by atoms with E-state index in [4.69, 9.17) is 4.74 Å². The number of nitrogens with one attached hydrogen (secondary N) is 3. The summed E-state index contributed by atoms with van der Waals surface area (Å²) in [6.07, 6.45) is 0. The smallest absolute Gasteiger partial charge is 0.246 e. The van der Waals surface area contributed by atoms with Gasteiger partial charge in [-0.05, 0) is 26.0 Å². The molecule has 0 bridgehead atoms. The summed E-state index contributed by atoms with van der Waals surface area (Å²) in [7, 11) is 0. The van der Waals surface area contributed by atoms with Gasteiger partial charge in [0.25, 0.3) is 0 Å². The fourth-order valence-electron chi connectivity index (χ4n) is 1.69. The van der Waals surface area contributed by atoms with Crippen molar-refractivity contribution in [3.63, 3.8) is 0 Å². The van der Waals surface area contributed by atoms with Crippen molar-refractivity contribution in [3.05, 3.63) is 29.6 Å². The van der Waals surface area contributed by atoms with Gasteiger partial charge in [-0.25, -0.2) is 18.2 Å². The third kappa shape index (κ3) is 8.38. The van der Waals surface area contributed by atoms with Crippen molar-refractivity contribution in [2.75, 3.05) is 38.2 Å². The number of ether oxygens (including phenoxy) is 1. The van der Waals surface area contributed by atoms with Crippen LogP contribution >= 0.6 is 24.0 Å². The van der Waals surface area contributed by atoms with Crippen molar-refractivity contribution in [1.82, 2.24) is 10.6 Å². The number of rotatable bonds is 8. The van der Waals surface area contributed by atoms with Crippen LogP contribution in [0.25, 0.3) is 0 Å². The summed E-state index contributed by atoms with van der Waals surface area (Å²) < 4.78 is 44.6. The predicted molar refractivity (Wildman–Crippen MR) is 101 cm³/mol. The van der Waals surface area contributed by atoms with E-state index in [1.165, 1.54) is 0 Å². The molecule has 0 fully saturated rings. The Labute approximate surface area is 161 Å². The van der Waals surface area contributed by atoms with Crippen LogP contribution in [0.4, 0.5) is 18.9 Å². The van der Waals surface area contributed by atoms with Gasteiger partial charge in [-0.3, -0.25) is 4.79 Å². The lowest BCUT2D eigenvalue weighted by Gasteiger charge is -2.11. The summed E-state index contributed by atoms with van der Waals surface area (Å²) in [6.45, 7) is 5.57. The third-order valence-corrected chi connectivity index (χ3v) is 2.78. The van der Waals surface area contributed by atoms with Gasteiger partial charge in [0, 0.05) is 19.7 Å². The molecule has 0 unspecified atom stereocenters. The van der Waals surface area contributed by atoms with Crippen LogP contribution in [0.5, 0.6) is 0 Å². The first-order chi connectivity index (χ1) is 11.5. The Hall–Kier alpha value is -1.56. The summed E-state index contributed by atoms with van der Waals surface area (Å²) in [5.74, 6) is -4.69. The molecule has 1 amide bonds. The van der Waals surface area contributed by atoms with E-state index < -0.39 is 29.0 Å². The standard InChI is InChI=1S/C15H21F3N4O2.HI/c1-3-19-15(20-7-8-24-4-2)21-9-12(23)22-11-6-5-10(16)13(17)14(11)18;/h5-6H,3-4,7-9H2,1-2H3,(H,22,23)(H2,19,20,21);1H. The quantitative estimate of drug-likeness (QED) is 0.178. The van der Waals surface area contributed by atoms with Crippen molar-refractivity contribution >= 4 is 41.5 Å². The second-order valence-corrected chi connectivity index (χ2v) is 4.59. The number of guanidine groups is 1. The molecule has 6 nitrogen and oxygen atoms in total. The number of amides is 1. The molecule has 3 N–H and O–H groups in total. The van der Waals surface area contributed by atoms with Crippen LogP contribution in [0.2, 0.25) is 0 Å². The first-order valence-corrected chi connectivity index (χ1v) is 7.52. The molecule has 0 spiro atoms. The lowest BCUT2D eigenvalue weighted by atomic mass is 10.3. The number of hydrogen-bond donors (Lipinski definition) is 3. The Kier molecular flexibility index (Phi) is 12.0. The van der Waals surface area contributed by atoms with Gasteiger partial charge < -0.3 is 20.7 Å². The van der Waals surface area contributed by atoms with Crippen LogP contribution in [-0.2, 0) is 9.53 Å². The molecular formula is C15H22F3IN4O2. The van der Waals surface area contributed by atoms with Crippen molar-refractivity contribution in [2.24, 2.45) is 4.99 Å². The molecule has 0 atom stereocenters. The maximum atomic E-state index is 13.5. The number of aliphatic imine (C=N–C) groups is 1. The largest absolute Gasteiger partial charge is 0.380 e. The molecule has 142 valence electrons. The highest BCUT2D eigenvalue weighted by atomic mass is 127. The highest BCUT2D eigenvalue weighted by Crippen LogP contribution is 2.19. The van der Waals surface area contributed by atoms with Crippen LogP contribution in [0.1, 0.15) is 13.8 Å². The zero-order chi connectivity index (χ0) is 17.9. The summed E-state index contributed by atoms with van der Waals surface area (Å²) in [5, 5.41) is 8.02. The number of halogens is 4. The molecule has 10 heteroatoms. The van der Waals surface area contributed by atoms with E-state index in [2.05, 4.69) is 20.9 Å². The van der Waals surface area contributed by atoms with E-state index in [-0.39, 0.29) is 30.5 Å². The zero-order valence-electron chi connectivity index (χ0n) is 14.0. The van der Waals surface area contributed by atoms with E-state index in [9.17, 15) is 18.0 Å². The topological polar surface area (TPSA) is 74.8 Å². The third-order valence-electron chi connectivity index (χ3n) is 2.78. The number of carbonyl (C=O) groups excluding carboxylic acids is 1. The van der Waals surface area contributed by atoms with Gasteiger partial charge in [-0.2, -0.15) is 0 Å². The van der Waals surface area contributed by atoms with Gasteiger partial charge in [-0.15, -0.1) is 24.0 Å². The molecule has 0 saturated carbocycles. The van der Waals surface area contributed by atoms with Crippen LogP contribution < -0.4 is 16.0 Å². The van der Waals surface area contributed by atoms with Crippen molar-refractivity contribution in [1.29, 1.82) is 0 Å². The molecule has 1 aromatic carbocycles. The summed E-state index contributed by atoms with van der Waals surface area (Å²) >= 11 is 0. The molecule has 0 aliphatic heterocycles. The fourth-order valence-corrected chi connectivity index (χ4v) is 1.69. The molecule has 0 aromatic heterocycles. The zero-order valence-corrected chi connectivity index (χ0v) is 16.3. The normalized spacial score (nSPS) is 10.8. The average molecular weight is 474 g/mol. The second kappa shape index (κ2) is 12.8. The highest BCUT2D eigenvalue weighted by Gasteiger charge is 2.15. The molecule has 0 aliphatic carbocycles. The Bertz CT molecular complexity index is 588. The van der Waals surface area contributed by atoms with Crippen molar-refractivity contribution < 1.29 is 22.7 Å². The summed E-state index contributed by atoms with van der Waals surface area (Å²) in [4.78, 5) is 15.8. The number of hydrogen-bond acceptors (Lipinski definition) is 3. The van der Waals surface area contributed by atoms with Crippen molar-refractivity contribution in [3.8, 4) is 0 Å². The Morgan fingerprint density at radius 2 is 1.88 bits per heavy atom. The predicted octanol–water partition coefficient (Wildman–Crippen LogP) is 2.25. The molecule has 25 heavy (non-hydrogen) atoms. The number of benzene rings is 1. The van der Waals surface area contributed by atoms with Gasteiger partial charge >= 0.3 is 0 Å². The minimum atomic E-state index is -1.64. The highest BCUT2D eigenvalue weighted by molar-refractivity contribution is 14.0. The minimum absolute atomic E-state index is 0. The second-order valence-electron chi connectivity index (χ2n) is 4.59. The summed E-state index contributed by atoms with van der Waals surface area (Å²) in [5.41, 5.74) is -0.441. The van der Waals surface area contributed by atoms with Crippen LogP contribution in [0.15, 0.2) is 17.1 Å². The van der Waals surface area contributed by atoms with Crippen molar-refractivity contribution in [2.45, 2.75) is 13.8 Å². The van der Waals surface area contributed by atoms with E-state index >= 15 is 0 Å². The SMILES string of the molecule is CCNC(=NCC(=O)Nc1ccc(F)c(F)c1F)NCCOCC.I. The number of carbonyl (C=O) groups is 1. The molecule has 1 rings (SSSR count). The van der Waals surface area contributed by atoms with E-state index in [0.29, 0.717) is 32.3 Å². The number of nitrogens with zero attached hydrogens (tertiary/aromatic N) is 1. The Morgan fingerprint density at radius 3 is 2.52 bits per heavy atom. The number of anilines is 1. The lowest BCUT2D eigenvalue weighted by Crippen LogP contribution is -2.39. The van der Waals surface area contributed by atoms with Gasteiger partial charge in [-0.1, -0.05) is 0 Å². The van der Waals surface area contributed by atoms with Gasteiger partial charge in [0.2, 0.25) is 5.91 Å². The van der Waals surface area contributed by atoms with Gasteiger partial charge in [0.15, 0.2) is 23.4 Å². The molecule has 0 heterocycles. The first-order valence-electron chi connectivity index (χ1n) is 7.52. The molecule has 0 radical (unpaired) electrons. The maximum Gasteiger partial charge on any atom is 0.246 e. The molecule has 1 aromatic rings. The molecule has 0 aliphatic rings. The lowest BCUT2D eigenvalue weighted by molar-refractivity contribution is -0.114. The van der Waals surface area contributed by atoms with Crippen LogP contribution in [0.3, 0.4) is 0 Å². The molecule has 0 saturated heterocycles. The van der Waals surface area contributed by atoms with E-state index in [0.717, 1.165) is 12.1 Å². The van der Waals surface area contributed by atoms with E-state index in [1.807, 2.05) is 13.8 Å². The van der Waals surface area contributed by atoms with E-state index in [1.54, 1.807) is 0 Å². The fraction of sp³-hybridized carbons (Fsp3) is 0.467. The Balaban J connectivity index is 0.00000576. The van der Waals surface area contributed by atoms with Gasteiger partial charge in [0.1, 0.15) is 6.54 Å². The molecular weight excluding hydrogens is 452 g/mol. The monoisotopic (exact) mass is 474 g/mol. The maximum absolute atomic E-state index is 13.5. The van der Waals surface area contributed by atoms with Gasteiger partial charge in [0.05, 0.1) is 12.3 Å².